The molecule has 0 aromatic heterocycles. The summed E-state index contributed by atoms with van der Waals surface area (Å²) in [6, 6.07) is 2.73. The molecule has 1 nitrogen and oxygen atoms in total. The summed E-state index contributed by atoms with van der Waals surface area (Å²) in [7, 11) is 0. The molecule has 1 aliphatic rings. The molecule has 0 amide bonds. The van der Waals surface area contributed by atoms with Gasteiger partial charge in [-0.1, -0.05) is 6.07 Å². The van der Waals surface area contributed by atoms with Crippen LogP contribution in [0.5, 0.6) is 0 Å². The van der Waals surface area contributed by atoms with Gasteiger partial charge in [0.1, 0.15) is 0 Å². The maximum Gasteiger partial charge on any atom is 0.162 e. The molecule has 0 spiro atoms. The van der Waals surface area contributed by atoms with Crippen LogP contribution in [0.4, 0.5) is 8.78 Å². The van der Waals surface area contributed by atoms with Crippen molar-refractivity contribution in [3.8, 4) is 0 Å². The molecule has 0 fully saturated rings. The second kappa shape index (κ2) is 2.52. The zero-order valence-electron chi connectivity index (χ0n) is 6.48. The van der Waals surface area contributed by atoms with Crippen molar-refractivity contribution in [2.45, 2.75) is 18.9 Å². The summed E-state index contributed by atoms with van der Waals surface area (Å²) in [5.74, 6) is -1.50. The fourth-order valence-electron chi connectivity index (χ4n) is 1.66. The van der Waals surface area contributed by atoms with Crippen molar-refractivity contribution in [2.24, 2.45) is 5.73 Å². The molecule has 0 saturated heterocycles. The number of hydrogen-bond acceptors (Lipinski definition) is 1. The van der Waals surface area contributed by atoms with Gasteiger partial charge in [-0.05, 0) is 30.0 Å². The van der Waals surface area contributed by atoms with Gasteiger partial charge in [-0.2, -0.15) is 0 Å². The van der Waals surface area contributed by atoms with Gasteiger partial charge >= 0.3 is 0 Å². The smallest absolute Gasteiger partial charge is 0.162 e. The lowest BCUT2D eigenvalue weighted by Crippen LogP contribution is -2.19. The normalized spacial score (nSPS) is 21.1. The highest BCUT2D eigenvalue weighted by Crippen LogP contribution is 2.25. The van der Waals surface area contributed by atoms with E-state index in [1.807, 2.05) is 0 Å². The summed E-state index contributed by atoms with van der Waals surface area (Å²) < 4.78 is 25.7. The summed E-state index contributed by atoms with van der Waals surface area (Å²) >= 11 is 0. The Kier molecular flexibility index (Phi) is 1.61. The maximum atomic E-state index is 13.0. The molecule has 1 aliphatic carbocycles. The highest BCUT2D eigenvalue weighted by Gasteiger charge is 2.22. The van der Waals surface area contributed by atoms with E-state index < -0.39 is 11.6 Å². The Balaban J connectivity index is 2.54. The van der Waals surface area contributed by atoms with E-state index >= 15 is 0 Å². The number of halogens is 2. The van der Waals surface area contributed by atoms with Gasteiger partial charge in [0.2, 0.25) is 0 Å². The predicted molar refractivity (Wildman–Crippen MR) is 41.7 cm³/mol. The first-order valence-corrected chi connectivity index (χ1v) is 3.90. The summed E-state index contributed by atoms with van der Waals surface area (Å²) in [6.45, 7) is 0. The lowest BCUT2D eigenvalue weighted by molar-refractivity contribution is 0.499. The van der Waals surface area contributed by atoms with Crippen LogP contribution in [0.25, 0.3) is 0 Å². The lowest BCUT2D eigenvalue weighted by atomic mass is 10.1. The van der Waals surface area contributed by atoms with Crippen molar-refractivity contribution in [3.63, 3.8) is 0 Å². The van der Waals surface area contributed by atoms with Crippen LogP contribution in [0, 0.1) is 11.6 Å². The average molecular weight is 169 g/mol. The maximum absolute atomic E-state index is 13.0. The van der Waals surface area contributed by atoms with Crippen LogP contribution < -0.4 is 5.73 Å². The van der Waals surface area contributed by atoms with Crippen LogP contribution in [-0.4, -0.2) is 6.04 Å². The summed E-state index contributed by atoms with van der Waals surface area (Å²) in [6.07, 6.45) is 1.12. The molecule has 2 N–H and O–H groups in total. The third-order valence-corrected chi connectivity index (χ3v) is 2.24. The van der Waals surface area contributed by atoms with Crippen molar-refractivity contribution in [3.05, 3.63) is 34.9 Å². The van der Waals surface area contributed by atoms with Crippen molar-refractivity contribution in [2.75, 3.05) is 0 Å². The first-order valence-electron chi connectivity index (χ1n) is 3.90. The molecule has 12 heavy (non-hydrogen) atoms. The molecule has 0 heterocycles. The summed E-state index contributed by atoms with van der Waals surface area (Å²) in [5, 5.41) is 0. The Bertz CT molecular complexity index is 323. The van der Waals surface area contributed by atoms with Gasteiger partial charge in [-0.15, -0.1) is 0 Å². The van der Waals surface area contributed by atoms with Crippen molar-refractivity contribution in [1.29, 1.82) is 0 Å². The molecule has 1 unspecified atom stereocenters. The minimum absolute atomic E-state index is 0.0451. The largest absolute Gasteiger partial charge is 0.327 e. The van der Waals surface area contributed by atoms with E-state index in [0.717, 1.165) is 11.6 Å². The minimum atomic E-state index is -0.775. The Morgan fingerprint density at radius 3 is 2.75 bits per heavy atom. The van der Waals surface area contributed by atoms with Gasteiger partial charge in [0.25, 0.3) is 0 Å². The Morgan fingerprint density at radius 1 is 1.25 bits per heavy atom. The van der Waals surface area contributed by atoms with E-state index in [4.69, 9.17) is 5.73 Å². The van der Waals surface area contributed by atoms with Gasteiger partial charge in [0, 0.05) is 6.04 Å². The molecule has 1 atom stereocenters. The van der Waals surface area contributed by atoms with Gasteiger partial charge in [-0.3, -0.25) is 0 Å². The lowest BCUT2D eigenvalue weighted by Gasteiger charge is -1.99. The molecule has 3 heteroatoms. The van der Waals surface area contributed by atoms with Crippen LogP contribution in [-0.2, 0) is 12.8 Å². The topological polar surface area (TPSA) is 26.0 Å². The van der Waals surface area contributed by atoms with Crippen LogP contribution in [0.3, 0.4) is 0 Å². The van der Waals surface area contributed by atoms with E-state index in [1.54, 1.807) is 6.07 Å². The second-order valence-corrected chi connectivity index (χ2v) is 3.17. The van der Waals surface area contributed by atoms with E-state index in [1.165, 1.54) is 0 Å². The molecular formula is C9H9F2N. The Morgan fingerprint density at radius 2 is 2.00 bits per heavy atom. The fraction of sp³-hybridized carbons (Fsp3) is 0.333. The van der Waals surface area contributed by atoms with E-state index in [-0.39, 0.29) is 6.04 Å². The molecular weight excluding hydrogens is 160 g/mol. The zero-order chi connectivity index (χ0) is 8.72. The molecule has 0 bridgehead atoms. The molecule has 64 valence electrons. The number of benzene rings is 1. The Hall–Kier alpha value is -0.960. The first kappa shape index (κ1) is 7.68. The fourth-order valence-corrected chi connectivity index (χ4v) is 1.66. The molecule has 2 rings (SSSR count). The molecule has 1 aromatic carbocycles. The molecule has 0 aliphatic heterocycles. The predicted octanol–water partition coefficient (Wildman–Crippen LogP) is 1.39. The minimum Gasteiger partial charge on any atom is -0.327 e. The summed E-state index contributed by atoms with van der Waals surface area (Å²) in [4.78, 5) is 0. The monoisotopic (exact) mass is 169 g/mol. The van der Waals surface area contributed by atoms with Gasteiger partial charge in [0.05, 0.1) is 0 Å². The van der Waals surface area contributed by atoms with Crippen molar-refractivity contribution >= 4 is 0 Å². The molecule has 1 aromatic rings. The SMILES string of the molecule is NC1Cc2ccc(F)c(F)c2C1. The highest BCUT2D eigenvalue weighted by molar-refractivity contribution is 5.35. The quantitative estimate of drug-likeness (QED) is 0.624. The zero-order valence-corrected chi connectivity index (χ0v) is 6.48. The van der Waals surface area contributed by atoms with E-state index in [2.05, 4.69) is 0 Å². The van der Waals surface area contributed by atoms with E-state index in [9.17, 15) is 8.78 Å². The van der Waals surface area contributed by atoms with Gasteiger partial charge in [0.15, 0.2) is 11.6 Å². The second-order valence-electron chi connectivity index (χ2n) is 3.17. The third-order valence-electron chi connectivity index (χ3n) is 2.24. The molecule has 0 radical (unpaired) electrons. The van der Waals surface area contributed by atoms with Gasteiger partial charge in [-0.25, -0.2) is 8.78 Å². The van der Waals surface area contributed by atoms with E-state index in [0.29, 0.717) is 18.4 Å². The average Bonchev–Trinajstić information content (AvgIpc) is 2.39. The van der Waals surface area contributed by atoms with Crippen LogP contribution in [0.15, 0.2) is 12.1 Å². The standard InChI is InChI=1S/C9H9F2N/c10-8-2-1-5-3-6(12)4-7(5)9(8)11/h1-2,6H,3-4,12H2. The highest BCUT2D eigenvalue weighted by atomic mass is 19.2. The number of nitrogens with two attached hydrogens (primary N) is 1. The van der Waals surface area contributed by atoms with Crippen LogP contribution in [0.2, 0.25) is 0 Å². The number of fused-ring (bicyclic) bond motifs is 1. The van der Waals surface area contributed by atoms with Crippen LogP contribution >= 0.6 is 0 Å². The third kappa shape index (κ3) is 1.01. The van der Waals surface area contributed by atoms with Gasteiger partial charge < -0.3 is 5.73 Å². The molecule has 0 saturated carbocycles. The van der Waals surface area contributed by atoms with Crippen LogP contribution in [0.1, 0.15) is 11.1 Å². The number of rotatable bonds is 0. The van der Waals surface area contributed by atoms with Crippen molar-refractivity contribution in [1.82, 2.24) is 0 Å². The van der Waals surface area contributed by atoms with Crippen molar-refractivity contribution < 1.29 is 8.78 Å². The number of hydrogen-bond donors (Lipinski definition) is 1. The summed E-state index contributed by atoms with van der Waals surface area (Å²) in [5.41, 5.74) is 6.92. The Labute approximate surface area is 69.2 Å². The first-order chi connectivity index (χ1) is 5.68.